The van der Waals surface area contributed by atoms with E-state index in [1.54, 1.807) is 0 Å². The van der Waals surface area contributed by atoms with Crippen LogP contribution >= 0.6 is 0 Å². The molecule has 20 heavy (non-hydrogen) atoms. The third-order valence-electron chi connectivity index (χ3n) is 3.33. The first-order chi connectivity index (χ1) is 9.65. The molecule has 0 aliphatic carbocycles. The summed E-state index contributed by atoms with van der Waals surface area (Å²) in [5.74, 6) is 0. The van der Waals surface area contributed by atoms with Crippen LogP contribution < -0.4 is 10.6 Å². The van der Waals surface area contributed by atoms with Crippen molar-refractivity contribution in [3.8, 4) is 0 Å². The van der Waals surface area contributed by atoms with Gasteiger partial charge in [0.2, 0.25) is 0 Å². The standard InChI is InChI=1S/C18H28N2/c1-5-11-19-15(3)13-17-7-9-18(10-8-17)14-16(4)20-12-6-2/h5-10,15-16,19-20H,1-2,11-14H2,3-4H3. The van der Waals surface area contributed by atoms with Gasteiger partial charge in [-0.3, -0.25) is 0 Å². The SMILES string of the molecule is C=CCNC(C)Cc1ccc(CC(C)NCC=C)cc1. The Bertz CT molecular complexity index is 355. The maximum atomic E-state index is 3.73. The highest BCUT2D eigenvalue weighted by Gasteiger charge is 2.04. The smallest absolute Gasteiger partial charge is 0.0134 e. The van der Waals surface area contributed by atoms with E-state index < -0.39 is 0 Å². The first-order valence-electron chi connectivity index (χ1n) is 7.42. The first-order valence-corrected chi connectivity index (χ1v) is 7.42. The Balaban J connectivity index is 2.43. The lowest BCUT2D eigenvalue weighted by Gasteiger charge is -2.14. The van der Waals surface area contributed by atoms with Crippen molar-refractivity contribution in [2.45, 2.75) is 38.8 Å². The zero-order valence-electron chi connectivity index (χ0n) is 12.9. The van der Waals surface area contributed by atoms with Gasteiger partial charge in [-0.05, 0) is 37.8 Å². The van der Waals surface area contributed by atoms with Crippen molar-refractivity contribution in [3.63, 3.8) is 0 Å². The first kappa shape index (κ1) is 16.7. The predicted octanol–water partition coefficient (Wildman–Crippen LogP) is 3.10. The summed E-state index contributed by atoms with van der Waals surface area (Å²) in [7, 11) is 0. The molecule has 0 radical (unpaired) electrons. The van der Waals surface area contributed by atoms with Gasteiger partial charge in [-0.1, -0.05) is 36.4 Å². The molecule has 0 bridgehead atoms. The monoisotopic (exact) mass is 272 g/mol. The van der Waals surface area contributed by atoms with Gasteiger partial charge in [0.1, 0.15) is 0 Å². The molecule has 1 aromatic rings. The quantitative estimate of drug-likeness (QED) is 0.640. The fourth-order valence-corrected chi connectivity index (χ4v) is 2.23. The van der Waals surface area contributed by atoms with Gasteiger partial charge in [0.05, 0.1) is 0 Å². The Labute approximate surface area is 124 Å². The van der Waals surface area contributed by atoms with Crippen LogP contribution in [-0.2, 0) is 12.8 Å². The molecule has 2 unspecified atom stereocenters. The van der Waals surface area contributed by atoms with Gasteiger partial charge in [0.15, 0.2) is 0 Å². The van der Waals surface area contributed by atoms with Crippen molar-refractivity contribution in [1.82, 2.24) is 10.6 Å². The Morgan fingerprint density at radius 3 is 1.50 bits per heavy atom. The number of benzene rings is 1. The summed E-state index contributed by atoms with van der Waals surface area (Å²) >= 11 is 0. The van der Waals surface area contributed by atoms with Crippen LogP contribution in [0.2, 0.25) is 0 Å². The summed E-state index contributed by atoms with van der Waals surface area (Å²) in [6.45, 7) is 13.6. The minimum atomic E-state index is 0.479. The van der Waals surface area contributed by atoms with Gasteiger partial charge in [-0.25, -0.2) is 0 Å². The molecule has 0 amide bonds. The Hall–Kier alpha value is -1.38. The molecule has 1 rings (SSSR count). The summed E-state index contributed by atoms with van der Waals surface area (Å²) in [4.78, 5) is 0. The summed E-state index contributed by atoms with van der Waals surface area (Å²) in [6, 6.07) is 9.91. The van der Waals surface area contributed by atoms with E-state index in [1.807, 2.05) is 12.2 Å². The molecular formula is C18H28N2. The Kier molecular flexibility index (Phi) is 7.93. The van der Waals surface area contributed by atoms with Gasteiger partial charge < -0.3 is 10.6 Å². The second-order valence-electron chi connectivity index (χ2n) is 5.42. The maximum Gasteiger partial charge on any atom is 0.0134 e. The number of rotatable bonds is 10. The lowest BCUT2D eigenvalue weighted by molar-refractivity contribution is 0.577. The van der Waals surface area contributed by atoms with Crippen molar-refractivity contribution in [2.24, 2.45) is 0 Å². The third-order valence-corrected chi connectivity index (χ3v) is 3.33. The van der Waals surface area contributed by atoms with Gasteiger partial charge in [0, 0.05) is 25.2 Å². The van der Waals surface area contributed by atoms with Crippen LogP contribution in [0.5, 0.6) is 0 Å². The molecule has 1 aromatic carbocycles. The Morgan fingerprint density at radius 2 is 1.20 bits per heavy atom. The molecule has 2 N–H and O–H groups in total. The van der Waals surface area contributed by atoms with Crippen LogP contribution in [0.4, 0.5) is 0 Å². The van der Waals surface area contributed by atoms with Gasteiger partial charge in [-0.2, -0.15) is 0 Å². The molecule has 0 saturated heterocycles. The zero-order valence-corrected chi connectivity index (χ0v) is 12.9. The third kappa shape index (κ3) is 6.69. The van der Waals surface area contributed by atoms with E-state index in [2.05, 4.69) is 61.9 Å². The highest BCUT2D eigenvalue weighted by molar-refractivity contribution is 5.24. The summed E-state index contributed by atoms with van der Waals surface area (Å²) in [5.41, 5.74) is 2.76. The normalized spacial score (nSPS) is 13.7. The van der Waals surface area contributed by atoms with Crippen LogP contribution in [0.1, 0.15) is 25.0 Å². The average molecular weight is 272 g/mol. The average Bonchev–Trinajstić information content (AvgIpc) is 2.45. The van der Waals surface area contributed by atoms with Crippen molar-refractivity contribution in [1.29, 1.82) is 0 Å². The van der Waals surface area contributed by atoms with Crippen LogP contribution in [-0.4, -0.2) is 25.2 Å². The van der Waals surface area contributed by atoms with E-state index in [0.29, 0.717) is 12.1 Å². The van der Waals surface area contributed by atoms with E-state index in [9.17, 15) is 0 Å². The molecule has 0 fully saturated rings. The van der Waals surface area contributed by atoms with E-state index in [-0.39, 0.29) is 0 Å². The number of nitrogens with one attached hydrogen (secondary N) is 2. The van der Waals surface area contributed by atoms with E-state index in [1.165, 1.54) is 11.1 Å². The fourth-order valence-electron chi connectivity index (χ4n) is 2.23. The fraction of sp³-hybridized carbons (Fsp3) is 0.444. The van der Waals surface area contributed by atoms with E-state index in [4.69, 9.17) is 0 Å². The molecule has 2 nitrogen and oxygen atoms in total. The molecule has 0 aliphatic heterocycles. The van der Waals surface area contributed by atoms with Crippen molar-refractivity contribution in [3.05, 3.63) is 60.7 Å². The van der Waals surface area contributed by atoms with E-state index in [0.717, 1.165) is 25.9 Å². The zero-order chi connectivity index (χ0) is 14.8. The molecule has 0 aromatic heterocycles. The van der Waals surface area contributed by atoms with Gasteiger partial charge in [-0.15, -0.1) is 13.2 Å². The molecule has 0 heterocycles. The van der Waals surface area contributed by atoms with Crippen LogP contribution in [0, 0.1) is 0 Å². The lowest BCUT2D eigenvalue weighted by atomic mass is 10.0. The molecule has 2 atom stereocenters. The van der Waals surface area contributed by atoms with Crippen LogP contribution in [0.25, 0.3) is 0 Å². The summed E-state index contributed by atoms with van der Waals surface area (Å²) in [6.07, 6.45) is 5.91. The molecular weight excluding hydrogens is 244 g/mol. The maximum absolute atomic E-state index is 3.73. The summed E-state index contributed by atoms with van der Waals surface area (Å²) in [5, 5.41) is 6.83. The van der Waals surface area contributed by atoms with Crippen LogP contribution in [0.3, 0.4) is 0 Å². The van der Waals surface area contributed by atoms with Gasteiger partial charge in [0.25, 0.3) is 0 Å². The van der Waals surface area contributed by atoms with Crippen molar-refractivity contribution in [2.75, 3.05) is 13.1 Å². The molecule has 110 valence electrons. The van der Waals surface area contributed by atoms with Crippen molar-refractivity contribution < 1.29 is 0 Å². The predicted molar refractivity (Wildman–Crippen MR) is 89.2 cm³/mol. The highest BCUT2D eigenvalue weighted by Crippen LogP contribution is 2.09. The van der Waals surface area contributed by atoms with E-state index >= 15 is 0 Å². The number of hydrogen-bond acceptors (Lipinski definition) is 2. The van der Waals surface area contributed by atoms with Gasteiger partial charge >= 0.3 is 0 Å². The lowest BCUT2D eigenvalue weighted by Crippen LogP contribution is -2.28. The molecule has 0 saturated carbocycles. The Morgan fingerprint density at radius 1 is 0.850 bits per heavy atom. The second kappa shape index (κ2) is 9.51. The highest BCUT2D eigenvalue weighted by atomic mass is 14.9. The number of hydrogen-bond donors (Lipinski definition) is 2. The molecule has 2 heteroatoms. The minimum absolute atomic E-state index is 0.479. The topological polar surface area (TPSA) is 24.1 Å². The summed E-state index contributed by atoms with van der Waals surface area (Å²) < 4.78 is 0. The van der Waals surface area contributed by atoms with Crippen molar-refractivity contribution >= 4 is 0 Å². The minimum Gasteiger partial charge on any atom is -0.310 e. The largest absolute Gasteiger partial charge is 0.310 e. The van der Waals surface area contributed by atoms with Crippen LogP contribution in [0.15, 0.2) is 49.6 Å². The molecule has 0 spiro atoms. The molecule has 0 aliphatic rings. The second-order valence-corrected chi connectivity index (χ2v) is 5.42.